The van der Waals surface area contributed by atoms with E-state index in [1.807, 2.05) is 6.92 Å². The zero-order valence-electron chi connectivity index (χ0n) is 8.94. The summed E-state index contributed by atoms with van der Waals surface area (Å²) in [5.74, 6) is 0.163. The van der Waals surface area contributed by atoms with Crippen molar-refractivity contribution in [3.05, 3.63) is 0 Å². The molecule has 0 bridgehead atoms. The Labute approximate surface area is 88.0 Å². The van der Waals surface area contributed by atoms with E-state index in [0.717, 1.165) is 0 Å². The fraction of sp³-hybridized carbons (Fsp3) is 0.900. The Kier molecular flexibility index (Phi) is 6.56. The minimum atomic E-state index is -4.15. The van der Waals surface area contributed by atoms with Crippen LogP contribution in [0, 0.1) is 5.92 Å². The number of rotatable bonds is 7. The van der Waals surface area contributed by atoms with Gasteiger partial charge in [0, 0.05) is 19.3 Å². The molecule has 0 aliphatic rings. The van der Waals surface area contributed by atoms with Crippen LogP contribution in [0.25, 0.3) is 0 Å². The first-order chi connectivity index (χ1) is 6.85. The molecule has 0 amide bonds. The van der Waals surface area contributed by atoms with Gasteiger partial charge in [-0.15, -0.1) is 0 Å². The predicted molar refractivity (Wildman–Crippen MR) is 52.4 cm³/mol. The molecule has 2 N–H and O–H groups in total. The van der Waals surface area contributed by atoms with E-state index in [9.17, 15) is 18.0 Å². The maximum Gasteiger partial charge on any atom is 0.389 e. The molecule has 0 radical (unpaired) electrons. The summed E-state index contributed by atoms with van der Waals surface area (Å²) in [4.78, 5) is 11.1. The first kappa shape index (κ1) is 14.4. The van der Waals surface area contributed by atoms with E-state index in [0.29, 0.717) is 19.4 Å². The van der Waals surface area contributed by atoms with Crippen LogP contribution in [0.4, 0.5) is 13.2 Å². The highest BCUT2D eigenvalue weighted by atomic mass is 19.4. The van der Waals surface area contributed by atoms with Gasteiger partial charge in [-0.3, -0.25) is 4.79 Å². The lowest BCUT2D eigenvalue weighted by atomic mass is 10.0. The molecule has 0 heterocycles. The molecular weight excluding hydrogens is 207 g/mol. The normalized spacial score (nSPS) is 13.9. The van der Waals surface area contributed by atoms with E-state index in [2.05, 4.69) is 0 Å². The van der Waals surface area contributed by atoms with Gasteiger partial charge in [-0.05, 0) is 25.3 Å². The van der Waals surface area contributed by atoms with Crippen molar-refractivity contribution >= 4 is 5.78 Å². The Morgan fingerprint density at radius 2 is 1.93 bits per heavy atom. The molecule has 1 unspecified atom stereocenters. The van der Waals surface area contributed by atoms with Gasteiger partial charge in [0.15, 0.2) is 0 Å². The minimum absolute atomic E-state index is 0.0246. The third-order valence-electron chi connectivity index (χ3n) is 2.23. The Balaban J connectivity index is 3.50. The van der Waals surface area contributed by atoms with Gasteiger partial charge in [-0.2, -0.15) is 13.2 Å². The fourth-order valence-corrected chi connectivity index (χ4v) is 1.14. The summed E-state index contributed by atoms with van der Waals surface area (Å²) in [6.45, 7) is 2.43. The van der Waals surface area contributed by atoms with E-state index >= 15 is 0 Å². The van der Waals surface area contributed by atoms with Crippen molar-refractivity contribution in [2.75, 3.05) is 6.54 Å². The molecule has 1 atom stereocenters. The van der Waals surface area contributed by atoms with Crippen molar-refractivity contribution in [1.29, 1.82) is 0 Å². The Morgan fingerprint density at radius 1 is 1.33 bits per heavy atom. The smallest absolute Gasteiger partial charge is 0.330 e. The SMILES string of the molecule is CC(CN)CCC(=O)CCCC(F)(F)F. The molecule has 90 valence electrons. The van der Waals surface area contributed by atoms with Crippen molar-refractivity contribution in [2.24, 2.45) is 11.7 Å². The standard InChI is InChI=1S/C10H18F3NO/c1-8(7-14)4-5-9(15)3-2-6-10(11,12)13/h8H,2-7,14H2,1H3. The molecule has 0 aliphatic heterocycles. The molecule has 0 aromatic rings. The van der Waals surface area contributed by atoms with Crippen LogP contribution < -0.4 is 5.73 Å². The zero-order valence-corrected chi connectivity index (χ0v) is 8.94. The van der Waals surface area contributed by atoms with Crippen LogP contribution in [0.15, 0.2) is 0 Å². The first-order valence-electron chi connectivity index (χ1n) is 5.13. The van der Waals surface area contributed by atoms with E-state index in [1.165, 1.54) is 0 Å². The van der Waals surface area contributed by atoms with E-state index < -0.39 is 12.6 Å². The molecule has 15 heavy (non-hydrogen) atoms. The molecule has 0 aromatic carbocycles. The van der Waals surface area contributed by atoms with Crippen molar-refractivity contribution < 1.29 is 18.0 Å². The molecule has 0 saturated carbocycles. The number of Topliss-reactive ketones (excluding diaryl/α,β-unsaturated/α-hetero) is 1. The van der Waals surface area contributed by atoms with Crippen LogP contribution in [-0.2, 0) is 4.79 Å². The highest BCUT2D eigenvalue weighted by molar-refractivity contribution is 5.78. The molecule has 5 heteroatoms. The van der Waals surface area contributed by atoms with E-state index in [1.54, 1.807) is 0 Å². The van der Waals surface area contributed by atoms with Crippen LogP contribution in [-0.4, -0.2) is 18.5 Å². The molecule has 2 nitrogen and oxygen atoms in total. The van der Waals surface area contributed by atoms with Gasteiger partial charge in [0.05, 0.1) is 0 Å². The average Bonchev–Trinajstić information content (AvgIpc) is 2.12. The van der Waals surface area contributed by atoms with Gasteiger partial charge in [0.2, 0.25) is 0 Å². The number of carbonyl (C=O) groups excluding carboxylic acids is 1. The van der Waals surface area contributed by atoms with Crippen molar-refractivity contribution in [1.82, 2.24) is 0 Å². The van der Waals surface area contributed by atoms with Crippen LogP contribution in [0.1, 0.15) is 39.0 Å². The van der Waals surface area contributed by atoms with Crippen molar-refractivity contribution in [3.8, 4) is 0 Å². The molecule has 0 rings (SSSR count). The second kappa shape index (κ2) is 6.82. The first-order valence-corrected chi connectivity index (χ1v) is 5.13. The monoisotopic (exact) mass is 225 g/mol. The maximum atomic E-state index is 11.7. The zero-order chi connectivity index (χ0) is 11.9. The lowest BCUT2D eigenvalue weighted by Crippen LogP contribution is -2.13. The molecule has 0 spiro atoms. The van der Waals surface area contributed by atoms with E-state index in [-0.39, 0.29) is 24.5 Å². The van der Waals surface area contributed by atoms with Crippen LogP contribution >= 0.6 is 0 Å². The molecule has 0 saturated heterocycles. The fourth-order valence-electron chi connectivity index (χ4n) is 1.14. The Hall–Kier alpha value is -0.580. The Bertz CT molecular complexity index is 192. The third kappa shape index (κ3) is 9.72. The summed E-state index contributed by atoms with van der Waals surface area (Å²) in [6.07, 6.45) is -4.08. The number of alkyl halides is 3. The highest BCUT2D eigenvalue weighted by Gasteiger charge is 2.26. The molecule has 0 aromatic heterocycles. The summed E-state index contributed by atoms with van der Waals surface area (Å²) < 4.78 is 35.2. The summed E-state index contributed by atoms with van der Waals surface area (Å²) >= 11 is 0. The number of nitrogens with two attached hydrogens (primary N) is 1. The molecular formula is C10H18F3NO. The Morgan fingerprint density at radius 3 is 2.40 bits per heavy atom. The number of ketones is 1. The van der Waals surface area contributed by atoms with Crippen LogP contribution in [0.2, 0.25) is 0 Å². The molecule has 0 aliphatic carbocycles. The second-order valence-corrected chi connectivity index (χ2v) is 3.89. The number of hydrogen-bond acceptors (Lipinski definition) is 2. The van der Waals surface area contributed by atoms with Gasteiger partial charge in [-0.25, -0.2) is 0 Å². The molecule has 0 fully saturated rings. The topological polar surface area (TPSA) is 43.1 Å². The van der Waals surface area contributed by atoms with Gasteiger partial charge in [0.25, 0.3) is 0 Å². The van der Waals surface area contributed by atoms with Crippen LogP contribution in [0.5, 0.6) is 0 Å². The third-order valence-corrected chi connectivity index (χ3v) is 2.23. The lowest BCUT2D eigenvalue weighted by molar-refractivity contribution is -0.137. The van der Waals surface area contributed by atoms with Gasteiger partial charge in [-0.1, -0.05) is 6.92 Å². The van der Waals surface area contributed by atoms with Gasteiger partial charge in [0.1, 0.15) is 5.78 Å². The lowest BCUT2D eigenvalue weighted by Gasteiger charge is -2.07. The number of hydrogen-bond donors (Lipinski definition) is 1. The summed E-state index contributed by atoms with van der Waals surface area (Å²) in [6, 6.07) is 0. The number of carbonyl (C=O) groups is 1. The van der Waals surface area contributed by atoms with Crippen LogP contribution in [0.3, 0.4) is 0 Å². The second-order valence-electron chi connectivity index (χ2n) is 3.89. The van der Waals surface area contributed by atoms with Gasteiger partial charge >= 0.3 is 6.18 Å². The van der Waals surface area contributed by atoms with Gasteiger partial charge < -0.3 is 5.73 Å². The summed E-state index contributed by atoms with van der Waals surface area (Å²) in [5, 5.41) is 0. The van der Waals surface area contributed by atoms with E-state index in [4.69, 9.17) is 5.73 Å². The van der Waals surface area contributed by atoms with Crippen molar-refractivity contribution in [2.45, 2.75) is 45.2 Å². The maximum absolute atomic E-state index is 11.7. The quantitative estimate of drug-likeness (QED) is 0.723. The summed E-state index contributed by atoms with van der Waals surface area (Å²) in [5.41, 5.74) is 5.36. The average molecular weight is 225 g/mol. The summed E-state index contributed by atoms with van der Waals surface area (Å²) in [7, 11) is 0. The predicted octanol–water partition coefficient (Wildman–Crippen LogP) is 2.66. The highest BCUT2D eigenvalue weighted by Crippen LogP contribution is 2.22. The number of halogens is 3. The minimum Gasteiger partial charge on any atom is -0.330 e. The van der Waals surface area contributed by atoms with Crippen molar-refractivity contribution in [3.63, 3.8) is 0 Å². The largest absolute Gasteiger partial charge is 0.389 e.